The van der Waals surface area contributed by atoms with Crippen molar-refractivity contribution >= 4 is 46.9 Å². The fraction of sp³-hybridized carbons (Fsp3) is 0.154. The van der Waals surface area contributed by atoms with Crippen molar-refractivity contribution in [3.63, 3.8) is 0 Å². The van der Waals surface area contributed by atoms with E-state index in [1.807, 2.05) is 73.7 Å². The van der Waals surface area contributed by atoms with Gasteiger partial charge >= 0.3 is 0 Å². The number of rotatable bonds is 6. The number of nitrogens with zero attached hydrogens (tertiary/aromatic N) is 1. The first kappa shape index (κ1) is 22.2. The number of fused-ring (bicyclic) bond motifs is 1. The molecule has 0 radical (unpaired) electrons. The van der Waals surface area contributed by atoms with Crippen LogP contribution in [0.25, 0.3) is 6.08 Å². The van der Waals surface area contributed by atoms with Gasteiger partial charge in [0.25, 0.3) is 11.8 Å². The van der Waals surface area contributed by atoms with E-state index in [0.717, 1.165) is 28.1 Å². The lowest BCUT2D eigenvalue weighted by Crippen LogP contribution is -2.33. The molecule has 1 aliphatic rings. The van der Waals surface area contributed by atoms with Gasteiger partial charge in [-0.2, -0.15) is 0 Å². The van der Waals surface area contributed by atoms with Gasteiger partial charge in [0, 0.05) is 22.0 Å². The van der Waals surface area contributed by atoms with Crippen LogP contribution in [0.15, 0.2) is 82.6 Å². The van der Waals surface area contributed by atoms with Crippen LogP contribution in [-0.4, -0.2) is 18.4 Å². The summed E-state index contributed by atoms with van der Waals surface area (Å²) in [6.07, 6.45) is 2.77. The van der Waals surface area contributed by atoms with E-state index in [0.29, 0.717) is 28.6 Å². The highest BCUT2D eigenvalue weighted by Crippen LogP contribution is 2.42. The molecular weight excluding hydrogens is 440 g/mol. The van der Waals surface area contributed by atoms with Gasteiger partial charge in [0.2, 0.25) is 0 Å². The minimum absolute atomic E-state index is 0.0570. The number of carbonyl (C=O) groups excluding carboxylic acids is 2. The Hall–Kier alpha value is -3.02. The summed E-state index contributed by atoms with van der Waals surface area (Å²) < 4.78 is 0. The summed E-state index contributed by atoms with van der Waals surface area (Å²) in [5.74, 6) is -0.144. The van der Waals surface area contributed by atoms with Crippen LogP contribution in [0, 0.1) is 0 Å². The molecule has 0 saturated carbocycles. The van der Waals surface area contributed by atoms with E-state index in [1.54, 1.807) is 17.0 Å². The van der Waals surface area contributed by atoms with E-state index in [-0.39, 0.29) is 11.8 Å². The van der Waals surface area contributed by atoms with E-state index in [9.17, 15) is 9.59 Å². The zero-order valence-electron chi connectivity index (χ0n) is 17.7. The molecule has 0 atom stereocenters. The lowest BCUT2D eigenvalue weighted by atomic mass is 10.1. The van der Waals surface area contributed by atoms with E-state index >= 15 is 0 Å². The molecule has 3 aromatic rings. The number of hydrogen-bond acceptors (Lipinski definition) is 3. The second-order valence-electron chi connectivity index (χ2n) is 7.48. The number of anilines is 1. The fourth-order valence-electron chi connectivity index (χ4n) is 3.46. The summed E-state index contributed by atoms with van der Waals surface area (Å²) in [5.41, 5.74) is 3.34. The Kier molecular flexibility index (Phi) is 6.98. The second-order valence-corrected chi connectivity index (χ2v) is 9.00. The molecule has 0 aromatic heterocycles. The molecule has 32 heavy (non-hydrogen) atoms. The zero-order chi connectivity index (χ0) is 22.5. The van der Waals surface area contributed by atoms with Crippen molar-refractivity contribution in [3.8, 4) is 0 Å². The first-order chi connectivity index (χ1) is 15.5. The third-order valence-electron chi connectivity index (χ3n) is 5.07. The van der Waals surface area contributed by atoms with Gasteiger partial charge in [0.1, 0.15) is 0 Å². The summed E-state index contributed by atoms with van der Waals surface area (Å²) >= 11 is 7.61. The third kappa shape index (κ3) is 5.06. The summed E-state index contributed by atoms with van der Waals surface area (Å²) in [6, 6.07) is 22.8. The van der Waals surface area contributed by atoms with Crippen LogP contribution >= 0.6 is 23.4 Å². The SMILES string of the molecule is CCCNC(=O)c1ccc(/C=C2/Sc3ccccc3N(Cc3cccc(Cl)c3)C2=O)cc1. The predicted octanol–water partition coefficient (Wildman–Crippen LogP) is 6.16. The highest BCUT2D eigenvalue weighted by molar-refractivity contribution is 8.04. The Bertz CT molecular complexity index is 1170. The Morgan fingerprint density at radius 2 is 1.84 bits per heavy atom. The maximum Gasteiger partial charge on any atom is 0.265 e. The van der Waals surface area contributed by atoms with Crippen LogP contribution in [0.1, 0.15) is 34.8 Å². The molecule has 0 bridgehead atoms. The Labute approximate surface area is 197 Å². The molecule has 0 saturated heterocycles. The molecule has 6 heteroatoms. The average molecular weight is 463 g/mol. The molecule has 0 unspecified atom stereocenters. The van der Waals surface area contributed by atoms with Crippen LogP contribution in [0.3, 0.4) is 0 Å². The number of nitrogens with one attached hydrogen (secondary N) is 1. The molecule has 0 aliphatic carbocycles. The lowest BCUT2D eigenvalue weighted by Gasteiger charge is -2.30. The highest BCUT2D eigenvalue weighted by Gasteiger charge is 2.29. The molecule has 4 rings (SSSR count). The monoisotopic (exact) mass is 462 g/mol. The van der Waals surface area contributed by atoms with Gasteiger partial charge in [-0.3, -0.25) is 9.59 Å². The van der Waals surface area contributed by atoms with Crippen LogP contribution < -0.4 is 10.2 Å². The summed E-state index contributed by atoms with van der Waals surface area (Å²) in [5, 5.41) is 3.52. The smallest absolute Gasteiger partial charge is 0.265 e. The minimum Gasteiger partial charge on any atom is -0.352 e. The molecule has 4 nitrogen and oxygen atoms in total. The predicted molar refractivity (Wildman–Crippen MR) is 132 cm³/mol. The van der Waals surface area contributed by atoms with Gasteiger partial charge in [-0.05, 0) is 60.0 Å². The zero-order valence-corrected chi connectivity index (χ0v) is 19.2. The van der Waals surface area contributed by atoms with Crippen LogP contribution in [-0.2, 0) is 11.3 Å². The molecule has 1 heterocycles. The van der Waals surface area contributed by atoms with E-state index < -0.39 is 0 Å². The van der Waals surface area contributed by atoms with Crippen molar-refractivity contribution in [2.24, 2.45) is 0 Å². The molecule has 3 aromatic carbocycles. The van der Waals surface area contributed by atoms with Gasteiger partial charge in [-0.25, -0.2) is 0 Å². The summed E-state index contributed by atoms with van der Waals surface area (Å²) in [6.45, 7) is 3.10. The molecule has 0 fully saturated rings. The van der Waals surface area contributed by atoms with Crippen LogP contribution in [0.2, 0.25) is 5.02 Å². The van der Waals surface area contributed by atoms with Gasteiger partial charge in [0.05, 0.1) is 17.1 Å². The maximum atomic E-state index is 13.4. The number of halogens is 1. The summed E-state index contributed by atoms with van der Waals surface area (Å²) in [4.78, 5) is 29.0. The van der Waals surface area contributed by atoms with Crippen molar-refractivity contribution in [3.05, 3.63) is 99.4 Å². The standard InChI is InChI=1S/C26H23ClN2O2S/c1-2-14-28-25(30)20-12-10-18(11-13-20)16-24-26(31)29(17-19-6-5-7-21(27)15-19)22-8-3-4-9-23(22)32-24/h3-13,15-16H,2,14,17H2,1H3,(H,28,30)/b24-16+. The normalized spacial score (nSPS) is 14.4. The van der Waals surface area contributed by atoms with E-state index in [2.05, 4.69) is 5.32 Å². The highest BCUT2D eigenvalue weighted by atomic mass is 35.5. The minimum atomic E-state index is -0.0872. The Morgan fingerprint density at radius 3 is 2.59 bits per heavy atom. The molecule has 1 N–H and O–H groups in total. The number of amides is 2. The van der Waals surface area contributed by atoms with Gasteiger partial charge in [-0.15, -0.1) is 0 Å². The lowest BCUT2D eigenvalue weighted by molar-refractivity contribution is -0.114. The van der Waals surface area contributed by atoms with Crippen molar-refractivity contribution in [1.82, 2.24) is 5.32 Å². The number of benzene rings is 3. The molecule has 162 valence electrons. The number of carbonyl (C=O) groups is 2. The maximum absolute atomic E-state index is 13.4. The fourth-order valence-corrected chi connectivity index (χ4v) is 4.73. The van der Waals surface area contributed by atoms with Crippen LogP contribution in [0.5, 0.6) is 0 Å². The average Bonchev–Trinajstić information content (AvgIpc) is 2.80. The van der Waals surface area contributed by atoms with Crippen molar-refractivity contribution in [1.29, 1.82) is 0 Å². The first-order valence-electron chi connectivity index (χ1n) is 10.5. The number of para-hydroxylation sites is 1. The molecule has 1 aliphatic heterocycles. The van der Waals surface area contributed by atoms with Crippen LogP contribution in [0.4, 0.5) is 5.69 Å². The number of hydrogen-bond donors (Lipinski definition) is 1. The topological polar surface area (TPSA) is 49.4 Å². The van der Waals surface area contributed by atoms with E-state index in [4.69, 9.17) is 11.6 Å². The van der Waals surface area contributed by atoms with Gasteiger partial charge in [0.15, 0.2) is 0 Å². The number of thioether (sulfide) groups is 1. The first-order valence-corrected chi connectivity index (χ1v) is 11.7. The third-order valence-corrected chi connectivity index (χ3v) is 6.38. The van der Waals surface area contributed by atoms with E-state index in [1.165, 1.54) is 11.8 Å². The van der Waals surface area contributed by atoms with Gasteiger partial charge < -0.3 is 10.2 Å². The largest absolute Gasteiger partial charge is 0.352 e. The van der Waals surface area contributed by atoms with Crippen molar-refractivity contribution in [2.75, 3.05) is 11.4 Å². The Morgan fingerprint density at radius 1 is 1.06 bits per heavy atom. The molecule has 2 amide bonds. The molecular formula is C26H23ClN2O2S. The van der Waals surface area contributed by atoms with Crippen molar-refractivity contribution in [2.45, 2.75) is 24.8 Å². The quantitative estimate of drug-likeness (QED) is 0.446. The summed E-state index contributed by atoms with van der Waals surface area (Å²) in [7, 11) is 0. The second kappa shape index (κ2) is 10.1. The molecule has 0 spiro atoms. The Balaban J connectivity index is 1.61. The van der Waals surface area contributed by atoms with Crippen molar-refractivity contribution < 1.29 is 9.59 Å². The van der Waals surface area contributed by atoms with Gasteiger partial charge in [-0.1, -0.05) is 66.7 Å².